The summed E-state index contributed by atoms with van der Waals surface area (Å²) in [6.45, 7) is 2.90. The number of halogens is 1. The van der Waals surface area contributed by atoms with Crippen LogP contribution in [0.5, 0.6) is 5.75 Å². The maximum Gasteiger partial charge on any atom is 0.308 e. The Hall–Kier alpha value is -1.35. The quantitative estimate of drug-likeness (QED) is 0.344. The van der Waals surface area contributed by atoms with E-state index in [0.717, 1.165) is 0 Å². The average Bonchev–Trinajstić information content (AvgIpc) is 2.16. The molecule has 0 bridgehead atoms. The minimum Gasteiger partial charge on any atom is -0.427 e. The van der Waals surface area contributed by atoms with Crippen LogP contribution < -0.4 is 4.74 Å². The highest BCUT2D eigenvalue weighted by molar-refractivity contribution is 6.33. The van der Waals surface area contributed by atoms with Crippen molar-refractivity contribution in [3.8, 4) is 5.75 Å². The number of alkyl halides is 1. The first-order chi connectivity index (χ1) is 7.00. The fraction of sp³-hybridized carbons (Fsp3) is 0.273. The topological polar surface area (TPSA) is 43.4 Å². The van der Waals surface area contributed by atoms with Crippen LogP contribution in [0.4, 0.5) is 0 Å². The third kappa shape index (κ3) is 3.36. The third-order valence-electron chi connectivity index (χ3n) is 1.74. The number of esters is 1. The van der Waals surface area contributed by atoms with E-state index in [4.69, 9.17) is 16.3 Å². The van der Waals surface area contributed by atoms with Crippen LogP contribution in [0.2, 0.25) is 0 Å². The molecule has 1 aromatic rings. The fourth-order valence-electron chi connectivity index (χ4n) is 1.11. The summed E-state index contributed by atoms with van der Waals surface area (Å²) in [6, 6.07) is 6.39. The van der Waals surface area contributed by atoms with Gasteiger partial charge in [-0.25, -0.2) is 0 Å². The molecule has 0 aromatic heterocycles. The van der Waals surface area contributed by atoms with Crippen molar-refractivity contribution in [2.45, 2.75) is 19.2 Å². The zero-order valence-electron chi connectivity index (χ0n) is 8.49. The van der Waals surface area contributed by atoms with Crippen LogP contribution in [0.1, 0.15) is 24.2 Å². The van der Waals surface area contributed by atoms with Crippen LogP contribution in [0.15, 0.2) is 24.3 Å². The molecule has 1 unspecified atom stereocenters. The molecule has 0 N–H and O–H groups in total. The van der Waals surface area contributed by atoms with Gasteiger partial charge in [-0.2, -0.15) is 0 Å². The second kappa shape index (κ2) is 4.94. The molecule has 15 heavy (non-hydrogen) atoms. The summed E-state index contributed by atoms with van der Waals surface area (Å²) in [7, 11) is 0. The van der Waals surface area contributed by atoms with Gasteiger partial charge in [0, 0.05) is 12.5 Å². The smallest absolute Gasteiger partial charge is 0.308 e. The number of hydrogen-bond acceptors (Lipinski definition) is 3. The Balaban J connectivity index is 2.92. The molecule has 0 radical (unpaired) electrons. The summed E-state index contributed by atoms with van der Waals surface area (Å²) >= 11 is 5.66. The second-order valence-electron chi connectivity index (χ2n) is 3.10. The van der Waals surface area contributed by atoms with Crippen molar-refractivity contribution in [2.24, 2.45) is 0 Å². The number of Topliss-reactive ketones (excluding diaryl/α,β-unsaturated/α-hetero) is 1. The van der Waals surface area contributed by atoms with Gasteiger partial charge in [-0.05, 0) is 19.1 Å². The number of carbonyl (C=O) groups is 2. The van der Waals surface area contributed by atoms with Crippen LogP contribution in [-0.4, -0.2) is 17.1 Å². The Morgan fingerprint density at radius 2 is 2.07 bits per heavy atom. The molecule has 0 saturated carbocycles. The van der Waals surface area contributed by atoms with Crippen LogP contribution >= 0.6 is 11.6 Å². The van der Waals surface area contributed by atoms with E-state index in [1.807, 2.05) is 0 Å². The normalized spacial score (nSPS) is 11.9. The summed E-state index contributed by atoms with van der Waals surface area (Å²) < 4.78 is 4.85. The lowest BCUT2D eigenvalue weighted by Crippen LogP contribution is -2.10. The fourth-order valence-corrected chi connectivity index (χ4v) is 1.23. The highest BCUT2D eigenvalue weighted by atomic mass is 35.5. The predicted molar refractivity (Wildman–Crippen MR) is 57.4 cm³/mol. The first-order valence-electron chi connectivity index (χ1n) is 4.47. The van der Waals surface area contributed by atoms with Crippen molar-refractivity contribution in [2.75, 3.05) is 0 Å². The Morgan fingerprint density at radius 1 is 1.40 bits per heavy atom. The van der Waals surface area contributed by atoms with Gasteiger partial charge in [0.05, 0.1) is 5.38 Å². The molecular formula is C11H11ClO3. The van der Waals surface area contributed by atoms with E-state index in [1.165, 1.54) is 13.0 Å². The molecule has 4 heteroatoms. The lowest BCUT2D eigenvalue weighted by atomic mass is 10.1. The molecule has 80 valence electrons. The largest absolute Gasteiger partial charge is 0.427 e. The highest BCUT2D eigenvalue weighted by Crippen LogP contribution is 2.16. The van der Waals surface area contributed by atoms with Crippen LogP contribution in [-0.2, 0) is 4.79 Å². The van der Waals surface area contributed by atoms with Crippen molar-refractivity contribution in [3.63, 3.8) is 0 Å². The van der Waals surface area contributed by atoms with Gasteiger partial charge < -0.3 is 4.74 Å². The van der Waals surface area contributed by atoms with Gasteiger partial charge >= 0.3 is 5.97 Å². The van der Waals surface area contributed by atoms with E-state index in [1.54, 1.807) is 25.1 Å². The molecule has 0 aliphatic carbocycles. The molecule has 0 amide bonds. The predicted octanol–water partition coefficient (Wildman–Crippen LogP) is 2.42. The van der Waals surface area contributed by atoms with E-state index in [-0.39, 0.29) is 5.78 Å². The molecule has 0 aliphatic heterocycles. The maximum absolute atomic E-state index is 11.5. The molecule has 0 heterocycles. The van der Waals surface area contributed by atoms with Crippen molar-refractivity contribution < 1.29 is 14.3 Å². The average molecular weight is 227 g/mol. The molecule has 0 aliphatic rings. The maximum atomic E-state index is 11.5. The van der Waals surface area contributed by atoms with Crippen molar-refractivity contribution >= 4 is 23.4 Å². The summed E-state index contributed by atoms with van der Waals surface area (Å²) in [5.41, 5.74) is 0.441. The number of benzene rings is 1. The monoisotopic (exact) mass is 226 g/mol. The summed E-state index contributed by atoms with van der Waals surface area (Å²) in [6.07, 6.45) is 0. The van der Waals surface area contributed by atoms with E-state index in [9.17, 15) is 9.59 Å². The summed E-state index contributed by atoms with van der Waals surface area (Å²) in [5, 5.41) is -0.586. The van der Waals surface area contributed by atoms with Gasteiger partial charge in [-0.3, -0.25) is 9.59 Å². The van der Waals surface area contributed by atoms with Gasteiger partial charge in [0.15, 0.2) is 5.78 Å². The molecule has 0 saturated heterocycles. The van der Waals surface area contributed by atoms with Crippen molar-refractivity contribution in [3.05, 3.63) is 29.8 Å². The third-order valence-corrected chi connectivity index (χ3v) is 1.94. The standard InChI is InChI=1S/C11H11ClO3/c1-7(12)11(14)9-4-3-5-10(6-9)15-8(2)13/h3-7H,1-2H3. The Labute approximate surface area is 93.0 Å². The Bertz CT molecular complexity index is 385. The molecule has 0 fully saturated rings. The number of rotatable bonds is 3. The zero-order chi connectivity index (χ0) is 11.4. The van der Waals surface area contributed by atoms with Gasteiger partial charge in [0.25, 0.3) is 0 Å². The van der Waals surface area contributed by atoms with Crippen LogP contribution in [0, 0.1) is 0 Å². The van der Waals surface area contributed by atoms with E-state index >= 15 is 0 Å². The van der Waals surface area contributed by atoms with E-state index < -0.39 is 11.3 Å². The molecule has 3 nitrogen and oxygen atoms in total. The molecule has 0 spiro atoms. The van der Waals surface area contributed by atoms with Crippen LogP contribution in [0.3, 0.4) is 0 Å². The van der Waals surface area contributed by atoms with Crippen molar-refractivity contribution in [1.82, 2.24) is 0 Å². The van der Waals surface area contributed by atoms with Crippen LogP contribution in [0.25, 0.3) is 0 Å². The van der Waals surface area contributed by atoms with Crippen molar-refractivity contribution in [1.29, 1.82) is 0 Å². The minimum absolute atomic E-state index is 0.189. The molecule has 1 aromatic carbocycles. The number of ketones is 1. The van der Waals surface area contributed by atoms with Gasteiger partial charge in [0.2, 0.25) is 0 Å². The van der Waals surface area contributed by atoms with E-state index in [0.29, 0.717) is 11.3 Å². The van der Waals surface area contributed by atoms with E-state index in [2.05, 4.69) is 0 Å². The number of hydrogen-bond donors (Lipinski definition) is 0. The molecule has 1 rings (SSSR count). The lowest BCUT2D eigenvalue weighted by Gasteiger charge is -2.05. The number of ether oxygens (including phenoxy) is 1. The zero-order valence-corrected chi connectivity index (χ0v) is 9.25. The molecular weight excluding hydrogens is 216 g/mol. The Morgan fingerprint density at radius 3 is 2.60 bits per heavy atom. The van der Waals surface area contributed by atoms with Gasteiger partial charge in [-0.15, -0.1) is 11.6 Å². The minimum atomic E-state index is -0.586. The second-order valence-corrected chi connectivity index (χ2v) is 3.76. The number of carbonyl (C=O) groups excluding carboxylic acids is 2. The summed E-state index contributed by atoms with van der Waals surface area (Å²) in [5.74, 6) is -0.255. The lowest BCUT2D eigenvalue weighted by molar-refractivity contribution is -0.131. The first kappa shape index (κ1) is 11.7. The first-order valence-corrected chi connectivity index (χ1v) is 4.91. The highest BCUT2D eigenvalue weighted by Gasteiger charge is 2.12. The molecule has 1 atom stereocenters. The Kier molecular flexibility index (Phi) is 3.86. The SMILES string of the molecule is CC(=O)Oc1cccc(C(=O)C(C)Cl)c1. The van der Waals surface area contributed by atoms with Gasteiger partial charge in [0.1, 0.15) is 5.75 Å². The summed E-state index contributed by atoms with van der Waals surface area (Å²) in [4.78, 5) is 22.2. The van der Waals surface area contributed by atoms with Gasteiger partial charge in [-0.1, -0.05) is 12.1 Å².